The summed E-state index contributed by atoms with van der Waals surface area (Å²) in [6, 6.07) is 14.2. The van der Waals surface area contributed by atoms with Crippen molar-refractivity contribution in [3.8, 4) is 16.3 Å². The van der Waals surface area contributed by atoms with E-state index in [-0.39, 0.29) is 0 Å². The third-order valence-electron chi connectivity index (χ3n) is 3.14. The van der Waals surface area contributed by atoms with Gasteiger partial charge in [0.1, 0.15) is 11.5 Å². The summed E-state index contributed by atoms with van der Waals surface area (Å²) < 4.78 is 1.81. The molecule has 2 aromatic heterocycles. The van der Waals surface area contributed by atoms with Crippen LogP contribution in [0.1, 0.15) is 10.4 Å². The summed E-state index contributed by atoms with van der Waals surface area (Å²) in [5.74, 6) is 0.701. The minimum absolute atomic E-state index is 0.701. The first-order chi connectivity index (χ1) is 9.16. The largest absolute Gasteiger partial charge is 0.383 e. The van der Waals surface area contributed by atoms with E-state index in [9.17, 15) is 0 Å². The van der Waals surface area contributed by atoms with Crippen LogP contribution in [0.3, 0.4) is 0 Å². The van der Waals surface area contributed by atoms with Crippen molar-refractivity contribution in [3.63, 3.8) is 0 Å². The van der Waals surface area contributed by atoms with Gasteiger partial charge >= 0.3 is 0 Å². The third kappa shape index (κ3) is 2.04. The van der Waals surface area contributed by atoms with Gasteiger partial charge in [-0.15, -0.1) is 11.3 Å². The fourth-order valence-electron chi connectivity index (χ4n) is 2.07. The van der Waals surface area contributed by atoms with Crippen LogP contribution < -0.4 is 5.73 Å². The van der Waals surface area contributed by atoms with E-state index in [0.29, 0.717) is 5.82 Å². The van der Waals surface area contributed by atoms with Crippen molar-refractivity contribution in [1.29, 1.82) is 0 Å². The van der Waals surface area contributed by atoms with E-state index in [1.807, 2.05) is 37.3 Å². The van der Waals surface area contributed by atoms with Crippen LogP contribution in [0.25, 0.3) is 16.3 Å². The summed E-state index contributed by atoms with van der Waals surface area (Å²) in [6.07, 6.45) is 0. The maximum absolute atomic E-state index is 6.18. The first kappa shape index (κ1) is 12.0. The van der Waals surface area contributed by atoms with Crippen LogP contribution >= 0.6 is 11.3 Å². The molecule has 3 aromatic rings. The predicted octanol–water partition coefficient (Wildman–Crippen LogP) is 3.80. The minimum Gasteiger partial charge on any atom is -0.383 e. The molecule has 0 saturated carbocycles. The van der Waals surface area contributed by atoms with E-state index in [2.05, 4.69) is 24.2 Å². The standard InChI is InChI=1S/C15H15N3S/c1-10-8-9-13(19-10)14-11(2)15(16)18(17-14)12-6-4-3-5-7-12/h3-9H,16H2,1-2H3. The molecule has 0 aliphatic carbocycles. The molecule has 3 rings (SSSR count). The number of hydrogen-bond acceptors (Lipinski definition) is 3. The van der Waals surface area contributed by atoms with Crippen LogP contribution in [0.15, 0.2) is 42.5 Å². The Bertz CT molecular complexity index is 710. The Morgan fingerprint density at radius 3 is 2.42 bits per heavy atom. The molecule has 0 amide bonds. The van der Waals surface area contributed by atoms with Crippen molar-refractivity contribution >= 4 is 17.2 Å². The Kier molecular flexibility index (Phi) is 2.87. The van der Waals surface area contributed by atoms with Gasteiger partial charge < -0.3 is 5.73 Å². The Morgan fingerprint density at radius 1 is 1.05 bits per heavy atom. The number of nitrogen functional groups attached to an aromatic ring is 1. The van der Waals surface area contributed by atoms with Crippen molar-refractivity contribution in [2.75, 3.05) is 5.73 Å². The number of rotatable bonds is 2. The van der Waals surface area contributed by atoms with E-state index in [0.717, 1.165) is 21.8 Å². The number of aromatic nitrogens is 2. The van der Waals surface area contributed by atoms with Crippen molar-refractivity contribution < 1.29 is 0 Å². The molecule has 2 heterocycles. The molecule has 0 bridgehead atoms. The molecule has 96 valence electrons. The summed E-state index contributed by atoms with van der Waals surface area (Å²) in [5.41, 5.74) is 9.18. The second kappa shape index (κ2) is 4.55. The van der Waals surface area contributed by atoms with Crippen LogP contribution in [-0.4, -0.2) is 9.78 Å². The molecule has 0 saturated heterocycles. The van der Waals surface area contributed by atoms with Gasteiger partial charge in [-0.25, -0.2) is 4.68 Å². The molecule has 19 heavy (non-hydrogen) atoms. The molecular formula is C15H15N3S. The molecule has 3 nitrogen and oxygen atoms in total. The fourth-order valence-corrected chi connectivity index (χ4v) is 2.98. The average Bonchev–Trinajstić information content (AvgIpc) is 2.97. The van der Waals surface area contributed by atoms with E-state index >= 15 is 0 Å². The smallest absolute Gasteiger partial charge is 0.130 e. The Labute approximate surface area is 116 Å². The normalized spacial score (nSPS) is 10.8. The topological polar surface area (TPSA) is 43.8 Å². The SMILES string of the molecule is Cc1ccc(-c2nn(-c3ccccc3)c(N)c2C)s1. The molecule has 0 spiro atoms. The van der Waals surface area contributed by atoms with Gasteiger partial charge in [0, 0.05) is 10.4 Å². The Hall–Kier alpha value is -2.07. The summed E-state index contributed by atoms with van der Waals surface area (Å²) in [5, 5.41) is 4.67. The molecule has 0 aliphatic heterocycles. The van der Waals surface area contributed by atoms with E-state index in [1.165, 1.54) is 4.88 Å². The number of hydrogen-bond donors (Lipinski definition) is 1. The molecular weight excluding hydrogens is 254 g/mol. The highest BCUT2D eigenvalue weighted by Crippen LogP contribution is 2.32. The quantitative estimate of drug-likeness (QED) is 0.769. The first-order valence-electron chi connectivity index (χ1n) is 6.14. The zero-order chi connectivity index (χ0) is 13.4. The van der Waals surface area contributed by atoms with Crippen molar-refractivity contribution in [1.82, 2.24) is 9.78 Å². The number of para-hydroxylation sites is 1. The third-order valence-corrected chi connectivity index (χ3v) is 4.15. The molecule has 0 fully saturated rings. The summed E-state index contributed by atoms with van der Waals surface area (Å²) in [4.78, 5) is 2.44. The van der Waals surface area contributed by atoms with Gasteiger partial charge in [-0.05, 0) is 38.1 Å². The second-order valence-electron chi connectivity index (χ2n) is 4.52. The van der Waals surface area contributed by atoms with E-state index in [4.69, 9.17) is 5.73 Å². The maximum Gasteiger partial charge on any atom is 0.130 e. The highest BCUT2D eigenvalue weighted by atomic mass is 32.1. The van der Waals surface area contributed by atoms with Gasteiger partial charge in [-0.1, -0.05) is 18.2 Å². The van der Waals surface area contributed by atoms with Gasteiger partial charge in [-0.2, -0.15) is 5.10 Å². The Balaban J connectivity index is 2.15. The first-order valence-corrected chi connectivity index (χ1v) is 6.96. The Morgan fingerprint density at radius 2 is 1.79 bits per heavy atom. The van der Waals surface area contributed by atoms with Gasteiger partial charge in [0.25, 0.3) is 0 Å². The van der Waals surface area contributed by atoms with Gasteiger partial charge in [0.15, 0.2) is 0 Å². The van der Waals surface area contributed by atoms with Crippen LogP contribution in [0.4, 0.5) is 5.82 Å². The lowest BCUT2D eigenvalue weighted by molar-refractivity contribution is 0.896. The second-order valence-corrected chi connectivity index (χ2v) is 5.80. The van der Waals surface area contributed by atoms with Crippen molar-refractivity contribution in [2.24, 2.45) is 0 Å². The number of thiophene rings is 1. The maximum atomic E-state index is 6.18. The van der Waals surface area contributed by atoms with Crippen molar-refractivity contribution in [3.05, 3.63) is 52.9 Å². The van der Waals surface area contributed by atoms with Crippen LogP contribution in [0.5, 0.6) is 0 Å². The molecule has 0 aliphatic rings. The summed E-state index contributed by atoms with van der Waals surface area (Å²) in [6.45, 7) is 4.12. The highest BCUT2D eigenvalue weighted by Gasteiger charge is 2.15. The van der Waals surface area contributed by atoms with Gasteiger partial charge in [-0.3, -0.25) is 0 Å². The number of benzene rings is 1. The monoisotopic (exact) mass is 269 g/mol. The number of anilines is 1. The summed E-state index contributed by atoms with van der Waals surface area (Å²) in [7, 11) is 0. The van der Waals surface area contributed by atoms with E-state index in [1.54, 1.807) is 16.0 Å². The van der Waals surface area contributed by atoms with E-state index < -0.39 is 0 Å². The number of nitrogens with zero attached hydrogens (tertiary/aromatic N) is 2. The highest BCUT2D eigenvalue weighted by molar-refractivity contribution is 7.15. The zero-order valence-corrected chi connectivity index (χ0v) is 11.7. The number of nitrogens with two attached hydrogens (primary N) is 1. The molecule has 2 N–H and O–H groups in total. The lowest BCUT2D eigenvalue weighted by Gasteiger charge is -2.02. The zero-order valence-electron chi connectivity index (χ0n) is 10.9. The van der Waals surface area contributed by atoms with Crippen LogP contribution in [-0.2, 0) is 0 Å². The molecule has 0 radical (unpaired) electrons. The average molecular weight is 269 g/mol. The van der Waals surface area contributed by atoms with Gasteiger partial charge in [0.2, 0.25) is 0 Å². The fraction of sp³-hybridized carbons (Fsp3) is 0.133. The molecule has 0 unspecified atom stereocenters. The van der Waals surface area contributed by atoms with Crippen LogP contribution in [0, 0.1) is 13.8 Å². The molecule has 4 heteroatoms. The summed E-state index contributed by atoms with van der Waals surface area (Å²) >= 11 is 1.74. The predicted molar refractivity (Wildman–Crippen MR) is 80.8 cm³/mol. The van der Waals surface area contributed by atoms with Crippen LogP contribution in [0.2, 0.25) is 0 Å². The van der Waals surface area contributed by atoms with Gasteiger partial charge in [0.05, 0.1) is 10.6 Å². The lowest BCUT2D eigenvalue weighted by atomic mass is 10.2. The molecule has 1 aromatic carbocycles. The lowest BCUT2D eigenvalue weighted by Crippen LogP contribution is -2.01. The minimum atomic E-state index is 0.701. The number of aryl methyl sites for hydroxylation is 1. The molecule has 0 atom stereocenters. The van der Waals surface area contributed by atoms with Crippen molar-refractivity contribution in [2.45, 2.75) is 13.8 Å².